The summed E-state index contributed by atoms with van der Waals surface area (Å²) in [7, 11) is 5.68. The van der Waals surface area contributed by atoms with Gasteiger partial charge in [0, 0.05) is 12.1 Å². The van der Waals surface area contributed by atoms with Crippen molar-refractivity contribution < 1.29 is 9.53 Å². The van der Waals surface area contributed by atoms with Gasteiger partial charge < -0.3 is 9.64 Å². The van der Waals surface area contributed by atoms with Crippen LogP contribution >= 0.6 is 0 Å². The fourth-order valence-corrected chi connectivity index (χ4v) is 2.18. The molecule has 0 aliphatic carbocycles. The first-order chi connectivity index (χ1) is 10.6. The molecule has 0 atom stereocenters. The predicted molar refractivity (Wildman–Crippen MR) is 90.2 cm³/mol. The first-order valence-corrected chi connectivity index (χ1v) is 7.18. The van der Waals surface area contributed by atoms with Crippen LogP contribution in [0.3, 0.4) is 0 Å². The van der Waals surface area contributed by atoms with Crippen LogP contribution in [-0.4, -0.2) is 31.9 Å². The fraction of sp³-hybridized carbons (Fsp3) is 0.211. The Bertz CT molecular complexity index is 657. The van der Waals surface area contributed by atoms with Crippen LogP contribution in [0.15, 0.2) is 54.6 Å². The zero-order valence-corrected chi connectivity index (χ0v) is 13.2. The van der Waals surface area contributed by atoms with Crippen LogP contribution in [0.4, 0.5) is 0 Å². The van der Waals surface area contributed by atoms with Crippen molar-refractivity contribution in [2.24, 2.45) is 0 Å². The molecule has 0 saturated heterocycles. The lowest BCUT2D eigenvalue weighted by Gasteiger charge is -2.09. The van der Waals surface area contributed by atoms with Gasteiger partial charge >= 0.3 is 0 Å². The molecule has 0 unspecified atom stereocenters. The number of allylic oxidation sites excluding steroid dienone is 1. The highest BCUT2D eigenvalue weighted by Gasteiger charge is 2.02. The van der Waals surface area contributed by atoms with Crippen molar-refractivity contribution in [3.63, 3.8) is 0 Å². The molecule has 0 spiro atoms. The molecule has 114 valence electrons. The minimum atomic E-state index is -0.0133. The molecule has 0 amide bonds. The molecular weight excluding hydrogens is 274 g/mol. The van der Waals surface area contributed by atoms with Gasteiger partial charge in [0.25, 0.3) is 0 Å². The summed E-state index contributed by atoms with van der Waals surface area (Å²) < 4.78 is 5.09. The topological polar surface area (TPSA) is 29.5 Å². The molecule has 2 aromatic carbocycles. The van der Waals surface area contributed by atoms with E-state index in [-0.39, 0.29) is 5.78 Å². The van der Waals surface area contributed by atoms with E-state index >= 15 is 0 Å². The Morgan fingerprint density at radius 3 is 2.50 bits per heavy atom. The fourth-order valence-electron chi connectivity index (χ4n) is 2.18. The van der Waals surface area contributed by atoms with Gasteiger partial charge in [-0.25, -0.2) is 0 Å². The number of benzene rings is 2. The highest BCUT2D eigenvalue weighted by Crippen LogP contribution is 2.13. The Morgan fingerprint density at radius 2 is 1.86 bits per heavy atom. The average molecular weight is 295 g/mol. The van der Waals surface area contributed by atoms with Crippen molar-refractivity contribution in [1.29, 1.82) is 0 Å². The third kappa shape index (κ3) is 4.57. The van der Waals surface area contributed by atoms with E-state index in [2.05, 4.69) is 17.0 Å². The van der Waals surface area contributed by atoms with Crippen LogP contribution in [0, 0.1) is 0 Å². The van der Waals surface area contributed by atoms with Gasteiger partial charge in [-0.15, -0.1) is 0 Å². The molecule has 0 aromatic heterocycles. The van der Waals surface area contributed by atoms with Crippen molar-refractivity contribution in [1.82, 2.24) is 4.90 Å². The van der Waals surface area contributed by atoms with E-state index < -0.39 is 0 Å². The van der Waals surface area contributed by atoms with Gasteiger partial charge in [0.05, 0.1) is 7.11 Å². The standard InChI is InChI=1S/C19H21NO2/c1-20(2)14-16-6-4-5-15(13-16)7-12-19(21)17-8-10-18(22-3)11-9-17/h4-13H,14H2,1-3H3. The van der Waals surface area contributed by atoms with E-state index in [9.17, 15) is 4.79 Å². The zero-order chi connectivity index (χ0) is 15.9. The summed E-state index contributed by atoms with van der Waals surface area (Å²) in [5.74, 6) is 0.734. The number of hydrogen-bond donors (Lipinski definition) is 0. The number of rotatable bonds is 6. The van der Waals surface area contributed by atoms with Crippen LogP contribution in [0.2, 0.25) is 0 Å². The van der Waals surface area contributed by atoms with Gasteiger partial charge in [-0.3, -0.25) is 4.79 Å². The highest BCUT2D eigenvalue weighted by molar-refractivity contribution is 6.06. The van der Waals surface area contributed by atoms with Crippen molar-refractivity contribution >= 4 is 11.9 Å². The van der Waals surface area contributed by atoms with Crippen LogP contribution in [0.1, 0.15) is 21.5 Å². The lowest BCUT2D eigenvalue weighted by atomic mass is 10.1. The van der Waals surface area contributed by atoms with Gasteiger partial charge in [-0.05, 0) is 55.6 Å². The van der Waals surface area contributed by atoms with E-state index in [0.717, 1.165) is 17.9 Å². The Labute approximate surface area is 131 Å². The average Bonchev–Trinajstić information content (AvgIpc) is 2.52. The van der Waals surface area contributed by atoms with Crippen LogP contribution in [0.25, 0.3) is 6.08 Å². The number of carbonyl (C=O) groups is 1. The first-order valence-electron chi connectivity index (χ1n) is 7.18. The summed E-state index contributed by atoms with van der Waals surface area (Å²) in [5.41, 5.74) is 2.91. The molecule has 0 N–H and O–H groups in total. The molecule has 0 aliphatic rings. The Balaban J connectivity index is 2.08. The summed E-state index contributed by atoms with van der Waals surface area (Å²) >= 11 is 0. The summed E-state index contributed by atoms with van der Waals surface area (Å²) in [6.07, 6.45) is 3.46. The molecule has 3 heteroatoms. The highest BCUT2D eigenvalue weighted by atomic mass is 16.5. The minimum Gasteiger partial charge on any atom is -0.497 e. The van der Waals surface area contributed by atoms with Crippen LogP contribution in [0.5, 0.6) is 5.75 Å². The van der Waals surface area contributed by atoms with Crippen molar-refractivity contribution in [3.05, 3.63) is 71.3 Å². The molecule has 0 radical (unpaired) electrons. The zero-order valence-electron chi connectivity index (χ0n) is 13.2. The summed E-state index contributed by atoms with van der Waals surface area (Å²) in [6, 6.07) is 15.3. The number of ketones is 1. The minimum absolute atomic E-state index is 0.0133. The second kappa shape index (κ2) is 7.57. The van der Waals surface area contributed by atoms with Gasteiger partial charge in [0.1, 0.15) is 5.75 Å². The quantitative estimate of drug-likeness (QED) is 0.602. The summed E-state index contributed by atoms with van der Waals surface area (Å²) in [6.45, 7) is 0.883. The Kier molecular flexibility index (Phi) is 5.50. The van der Waals surface area contributed by atoms with Gasteiger partial charge in [-0.2, -0.15) is 0 Å². The largest absolute Gasteiger partial charge is 0.497 e. The SMILES string of the molecule is COc1ccc(C(=O)C=Cc2cccc(CN(C)C)c2)cc1. The summed E-state index contributed by atoms with van der Waals surface area (Å²) in [5, 5.41) is 0. The second-order valence-corrected chi connectivity index (χ2v) is 5.41. The molecule has 22 heavy (non-hydrogen) atoms. The molecule has 2 rings (SSSR count). The van der Waals surface area contributed by atoms with Crippen LogP contribution < -0.4 is 4.74 Å². The van der Waals surface area contributed by atoms with Crippen molar-refractivity contribution in [2.45, 2.75) is 6.54 Å². The van der Waals surface area contributed by atoms with Gasteiger partial charge in [-0.1, -0.05) is 30.3 Å². The predicted octanol–water partition coefficient (Wildman–Crippen LogP) is 3.65. The molecule has 0 fully saturated rings. The maximum absolute atomic E-state index is 12.1. The Morgan fingerprint density at radius 1 is 1.14 bits per heavy atom. The van der Waals surface area contributed by atoms with E-state index in [4.69, 9.17) is 4.74 Å². The lowest BCUT2D eigenvalue weighted by molar-refractivity contribution is 0.104. The third-order valence-electron chi connectivity index (χ3n) is 3.25. The lowest BCUT2D eigenvalue weighted by Crippen LogP contribution is -2.10. The van der Waals surface area contributed by atoms with Crippen LogP contribution in [-0.2, 0) is 6.54 Å². The number of carbonyl (C=O) groups excluding carboxylic acids is 1. The monoisotopic (exact) mass is 295 g/mol. The molecular formula is C19H21NO2. The number of ether oxygens (including phenoxy) is 1. The Hall–Kier alpha value is -2.39. The summed E-state index contributed by atoms with van der Waals surface area (Å²) in [4.78, 5) is 14.3. The molecule has 0 saturated carbocycles. The van der Waals surface area contributed by atoms with E-state index in [1.54, 1.807) is 37.5 Å². The normalized spacial score (nSPS) is 11.1. The number of hydrogen-bond acceptors (Lipinski definition) is 3. The molecule has 0 bridgehead atoms. The molecule has 3 nitrogen and oxygen atoms in total. The second-order valence-electron chi connectivity index (χ2n) is 5.41. The van der Waals surface area contributed by atoms with Gasteiger partial charge in [0.15, 0.2) is 5.78 Å². The van der Waals surface area contributed by atoms with E-state index in [1.165, 1.54) is 5.56 Å². The first kappa shape index (κ1) is 16.0. The third-order valence-corrected chi connectivity index (χ3v) is 3.25. The van der Waals surface area contributed by atoms with Crippen molar-refractivity contribution in [2.75, 3.05) is 21.2 Å². The molecule has 2 aromatic rings. The van der Waals surface area contributed by atoms with Gasteiger partial charge in [0.2, 0.25) is 0 Å². The van der Waals surface area contributed by atoms with E-state index in [1.807, 2.05) is 32.3 Å². The van der Waals surface area contributed by atoms with E-state index in [0.29, 0.717) is 5.56 Å². The van der Waals surface area contributed by atoms with Crippen molar-refractivity contribution in [3.8, 4) is 5.75 Å². The molecule has 0 aliphatic heterocycles. The number of methoxy groups -OCH3 is 1. The maximum atomic E-state index is 12.1. The maximum Gasteiger partial charge on any atom is 0.185 e. The number of nitrogens with zero attached hydrogens (tertiary/aromatic N) is 1. The molecule has 0 heterocycles. The smallest absolute Gasteiger partial charge is 0.185 e.